The topological polar surface area (TPSA) is 73.7 Å². The van der Waals surface area contributed by atoms with Crippen LogP contribution in [0, 0.1) is 41.5 Å². The lowest BCUT2D eigenvalue weighted by Gasteiger charge is -2.34. The van der Waals surface area contributed by atoms with Crippen LogP contribution < -0.4 is 0 Å². The molecule has 0 bridgehead atoms. The second-order valence-corrected chi connectivity index (χ2v) is 12.9. The lowest BCUT2D eigenvalue weighted by Crippen LogP contribution is -2.44. The number of aromatic hydroxyl groups is 3. The highest BCUT2D eigenvalue weighted by Gasteiger charge is 2.20. The number of benzene rings is 3. The maximum atomic E-state index is 10.9. The van der Waals surface area contributed by atoms with Gasteiger partial charge in [0.05, 0.1) is 0 Å². The van der Waals surface area contributed by atoms with Gasteiger partial charge in [-0.05, 0) is 65.3 Å². The molecule has 4 rings (SSSR count). The van der Waals surface area contributed by atoms with Crippen molar-refractivity contribution in [2.24, 2.45) is 0 Å². The van der Waals surface area contributed by atoms with E-state index in [-0.39, 0.29) is 7.43 Å². The van der Waals surface area contributed by atoms with Crippen LogP contribution in [0.4, 0.5) is 0 Å². The van der Waals surface area contributed by atoms with E-state index >= 15 is 0 Å². The van der Waals surface area contributed by atoms with Crippen LogP contribution in [-0.4, -0.2) is 94.3 Å². The highest BCUT2D eigenvalue weighted by Crippen LogP contribution is 2.28. The minimum atomic E-state index is 0. The number of phenolic OH excluding ortho intramolecular Hbond substituents is 3. The summed E-state index contributed by atoms with van der Waals surface area (Å²) in [5, 5.41) is 32.6. The van der Waals surface area contributed by atoms with Crippen LogP contribution >= 0.6 is 0 Å². The summed E-state index contributed by atoms with van der Waals surface area (Å²) in [6.45, 7) is 21.2. The molecule has 3 aromatic carbocycles. The van der Waals surface area contributed by atoms with Crippen LogP contribution in [0.3, 0.4) is 0 Å². The lowest BCUT2D eigenvalue weighted by molar-refractivity contribution is 0.132. The Kier molecular flexibility index (Phi) is 12.7. The predicted octanol–water partition coefficient (Wildman–Crippen LogP) is 6.04. The van der Waals surface area contributed by atoms with Gasteiger partial charge in [0, 0.05) is 88.7 Å². The summed E-state index contributed by atoms with van der Waals surface area (Å²) in [7, 11) is 2.18. The van der Waals surface area contributed by atoms with Crippen LogP contribution in [0.5, 0.6) is 17.2 Å². The van der Waals surface area contributed by atoms with E-state index in [1.54, 1.807) is 0 Å². The third kappa shape index (κ3) is 9.45. The zero-order chi connectivity index (χ0) is 31.3. The van der Waals surface area contributed by atoms with E-state index in [1.807, 2.05) is 39.0 Å². The van der Waals surface area contributed by atoms with E-state index in [0.717, 1.165) is 91.3 Å². The average molecular weight is 605 g/mol. The van der Waals surface area contributed by atoms with E-state index in [9.17, 15) is 15.3 Å². The van der Waals surface area contributed by atoms with Gasteiger partial charge in [0.15, 0.2) is 0 Å². The fraction of sp³-hybridized carbons (Fsp3) is 0.514. The molecule has 3 N–H and O–H groups in total. The first-order valence-electron chi connectivity index (χ1n) is 15.6. The van der Waals surface area contributed by atoms with Crippen molar-refractivity contribution >= 4 is 0 Å². The van der Waals surface area contributed by atoms with E-state index < -0.39 is 0 Å². The van der Waals surface area contributed by atoms with Crippen molar-refractivity contribution in [1.29, 1.82) is 0 Å². The molecule has 1 fully saturated rings. The third-order valence-corrected chi connectivity index (χ3v) is 8.81. The Morgan fingerprint density at radius 1 is 0.455 bits per heavy atom. The SMILES string of the molecule is C.Cc1cc(C)c(O)c(CN2CCN(C)CCN(Cc3cc(C)cc(C)c3O)CCN(Cc3cc(C)cc(C)c3O)CC2)c1. The van der Waals surface area contributed by atoms with Crippen molar-refractivity contribution in [3.8, 4) is 17.2 Å². The molecule has 0 saturated carbocycles. The number of likely N-dealkylation sites (N-methyl/N-ethyl adjacent to an activating group) is 1. The standard InChI is InChI=1S/C36H52N4O3.CH4/c1-25-16-28(4)34(41)31(19-25)22-38-10-8-37(7)9-11-39(23-32-20-26(2)17-29(5)35(32)42)13-15-40(14-12-38)24-33-21-27(3)18-30(6)36(33)43;/h16-21,41-43H,8-15,22-24H2,1-7H3;1H4. The molecule has 0 atom stereocenters. The molecule has 1 saturated heterocycles. The van der Waals surface area contributed by atoms with Crippen LogP contribution in [0.1, 0.15) is 57.5 Å². The molecule has 0 aromatic heterocycles. The summed E-state index contributed by atoms with van der Waals surface area (Å²) in [5.74, 6) is 1.17. The van der Waals surface area contributed by atoms with Crippen molar-refractivity contribution in [2.75, 3.05) is 59.4 Å². The molecule has 242 valence electrons. The van der Waals surface area contributed by atoms with Gasteiger partial charge >= 0.3 is 0 Å². The van der Waals surface area contributed by atoms with E-state index in [2.05, 4.69) is 65.6 Å². The number of nitrogens with zero attached hydrogens (tertiary/aromatic N) is 4. The molecular formula is C37H56N4O3. The van der Waals surface area contributed by atoms with Gasteiger partial charge < -0.3 is 20.2 Å². The maximum absolute atomic E-state index is 10.9. The van der Waals surface area contributed by atoms with Crippen molar-refractivity contribution < 1.29 is 15.3 Å². The lowest BCUT2D eigenvalue weighted by atomic mass is 10.0. The maximum Gasteiger partial charge on any atom is 0.122 e. The van der Waals surface area contributed by atoms with Gasteiger partial charge in [0.2, 0.25) is 0 Å². The molecule has 1 aliphatic rings. The minimum absolute atomic E-state index is 0. The van der Waals surface area contributed by atoms with Gasteiger partial charge in [-0.2, -0.15) is 0 Å². The Bertz CT molecular complexity index is 1330. The predicted molar refractivity (Wildman–Crippen MR) is 183 cm³/mol. The first-order chi connectivity index (χ1) is 20.4. The minimum Gasteiger partial charge on any atom is -0.507 e. The van der Waals surface area contributed by atoms with Gasteiger partial charge in [0.1, 0.15) is 17.2 Å². The Balaban J connectivity index is 0.00000529. The second kappa shape index (κ2) is 15.8. The van der Waals surface area contributed by atoms with E-state index in [4.69, 9.17) is 0 Å². The Morgan fingerprint density at radius 2 is 0.705 bits per heavy atom. The van der Waals surface area contributed by atoms with Gasteiger partial charge in [-0.25, -0.2) is 0 Å². The molecule has 0 amide bonds. The smallest absolute Gasteiger partial charge is 0.122 e. The first-order valence-corrected chi connectivity index (χ1v) is 15.6. The summed E-state index contributed by atoms with van der Waals surface area (Å²) in [4.78, 5) is 9.73. The molecule has 0 spiro atoms. The summed E-state index contributed by atoms with van der Waals surface area (Å²) >= 11 is 0. The summed E-state index contributed by atoms with van der Waals surface area (Å²) < 4.78 is 0. The quantitative estimate of drug-likeness (QED) is 0.317. The van der Waals surface area contributed by atoms with Crippen LogP contribution in [0.2, 0.25) is 0 Å². The first kappa shape index (κ1) is 35.4. The third-order valence-electron chi connectivity index (χ3n) is 8.81. The van der Waals surface area contributed by atoms with Crippen molar-refractivity contribution in [2.45, 2.75) is 68.6 Å². The fourth-order valence-corrected chi connectivity index (χ4v) is 6.34. The van der Waals surface area contributed by atoms with Crippen molar-refractivity contribution in [1.82, 2.24) is 19.6 Å². The normalized spacial score (nSPS) is 16.7. The number of aryl methyl sites for hydroxylation is 6. The summed E-state index contributed by atoms with van der Waals surface area (Å²) in [5.41, 5.74) is 9.15. The number of hydrogen-bond acceptors (Lipinski definition) is 7. The molecule has 7 heteroatoms. The molecule has 0 unspecified atom stereocenters. The van der Waals surface area contributed by atoms with Crippen LogP contribution in [0.15, 0.2) is 36.4 Å². The molecule has 7 nitrogen and oxygen atoms in total. The summed E-state index contributed by atoms with van der Waals surface area (Å²) in [6, 6.07) is 12.4. The van der Waals surface area contributed by atoms with Crippen molar-refractivity contribution in [3.63, 3.8) is 0 Å². The van der Waals surface area contributed by atoms with Gasteiger partial charge in [0.25, 0.3) is 0 Å². The van der Waals surface area contributed by atoms with Crippen LogP contribution in [0.25, 0.3) is 0 Å². The Hall–Kier alpha value is -3.10. The monoisotopic (exact) mass is 604 g/mol. The summed E-state index contributed by atoms with van der Waals surface area (Å²) in [6.07, 6.45) is 0. The number of phenols is 3. The highest BCUT2D eigenvalue weighted by atomic mass is 16.3. The van der Waals surface area contributed by atoms with Crippen LogP contribution in [-0.2, 0) is 19.6 Å². The molecule has 44 heavy (non-hydrogen) atoms. The zero-order valence-electron chi connectivity index (χ0n) is 27.4. The van der Waals surface area contributed by atoms with Gasteiger partial charge in [-0.1, -0.05) is 60.5 Å². The number of hydrogen-bond donors (Lipinski definition) is 3. The molecule has 0 radical (unpaired) electrons. The molecule has 1 heterocycles. The molecular weight excluding hydrogens is 548 g/mol. The zero-order valence-corrected chi connectivity index (χ0v) is 27.4. The van der Waals surface area contributed by atoms with E-state index in [0.29, 0.717) is 36.9 Å². The highest BCUT2D eigenvalue weighted by molar-refractivity contribution is 5.44. The van der Waals surface area contributed by atoms with E-state index in [1.165, 1.54) is 11.1 Å². The largest absolute Gasteiger partial charge is 0.507 e. The Morgan fingerprint density at radius 3 is 0.977 bits per heavy atom. The van der Waals surface area contributed by atoms with Gasteiger partial charge in [-0.15, -0.1) is 0 Å². The Labute approximate surface area is 266 Å². The van der Waals surface area contributed by atoms with Gasteiger partial charge in [-0.3, -0.25) is 14.7 Å². The number of rotatable bonds is 6. The molecule has 1 aliphatic heterocycles. The second-order valence-electron chi connectivity index (χ2n) is 12.9. The fourth-order valence-electron chi connectivity index (χ4n) is 6.34. The molecule has 3 aromatic rings. The average Bonchev–Trinajstić information content (AvgIpc) is 2.93. The molecule has 0 aliphatic carbocycles. The van der Waals surface area contributed by atoms with Crippen molar-refractivity contribution in [3.05, 3.63) is 86.5 Å².